The molecule has 6 amide bonds. The Morgan fingerprint density at radius 2 is 1.84 bits per heavy atom. The van der Waals surface area contributed by atoms with Gasteiger partial charge in [-0.05, 0) is 18.6 Å². The number of hydrogen-bond donors (Lipinski definition) is 5. The van der Waals surface area contributed by atoms with Gasteiger partial charge in [-0.25, -0.2) is 0 Å². The number of anilines is 1. The number of nitrogens with two attached hydrogens (primary N) is 1. The third-order valence-electron chi connectivity index (χ3n) is 4.86. The van der Waals surface area contributed by atoms with E-state index in [0.717, 1.165) is 4.90 Å². The summed E-state index contributed by atoms with van der Waals surface area (Å²) in [6, 6.07) is 3.66. The van der Waals surface area contributed by atoms with Crippen molar-refractivity contribution >= 4 is 41.1 Å². The number of hydrogen-bond acceptors (Lipinski definition) is 8. The largest absolute Gasteiger partial charge is 0.383 e. The monoisotopic (exact) mass is 430 g/mol. The molecule has 0 aromatic heterocycles. The standard InChI is InChI=1S/C19H22N6O6/c20-8-14(27)23-9-15(28)22-7-6-21-11-3-1-2-10-16(11)19(31)25(18(10)30)12-4-5-13(26)24-17(12)29/h1-3,12,21H,4-9,20H2,(H,22,28)(H,23,27)(H,24,26,29). The number of nitrogens with one attached hydrogen (secondary N) is 4. The molecule has 12 heteroatoms. The Morgan fingerprint density at radius 1 is 1.06 bits per heavy atom. The zero-order valence-corrected chi connectivity index (χ0v) is 16.5. The molecule has 6 N–H and O–H groups in total. The zero-order valence-electron chi connectivity index (χ0n) is 16.5. The third kappa shape index (κ3) is 4.69. The Balaban J connectivity index is 1.61. The Hall–Kier alpha value is -3.80. The van der Waals surface area contributed by atoms with E-state index in [-0.39, 0.29) is 50.1 Å². The lowest BCUT2D eigenvalue weighted by atomic mass is 10.0. The van der Waals surface area contributed by atoms with Gasteiger partial charge < -0.3 is 21.7 Å². The molecule has 1 saturated heterocycles. The number of nitrogens with zero attached hydrogens (tertiary/aromatic N) is 1. The van der Waals surface area contributed by atoms with Crippen LogP contribution in [0.5, 0.6) is 0 Å². The SMILES string of the molecule is NCC(=O)NCC(=O)NCCNc1cccc2c1C(=O)N(C1CCC(=O)NC1=O)C2=O. The molecular formula is C19H22N6O6. The van der Waals surface area contributed by atoms with Gasteiger partial charge in [-0.3, -0.25) is 39.0 Å². The fourth-order valence-electron chi connectivity index (χ4n) is 3.37. The smallest absolute Gasteiger partial charge is 0.264 e. The number of fused-ring (bicyclic) bond motifs is 1. The van der Waals surface area contributed by atoms with Gasteiger partial charge in [0, 0.05) is 25.2 Å². The molecule has 2 heterocycles. The lowest BCUT2D eigenvalue weighted by Gasteiger charge is -2.27. The van der Waals surface area contributed by atoms with Crippen LogP contribution < -0.4 is 27.0 Å². The van der Waals surface area contributed by atoms with Gasteiger partial charge in [-0.1, -0.05) is 6.07 Å². The molecule has 0 aliphatic carbocycles. The topological polar surface area (TPSA) is 180 Å². The van der Waals surface area contributed by atoms with Gasteiger partial charge in [-0.2, -0.15) is 0 Å². The first-order valence-electron chi connectivity index (χ1n) is 9.65. The second-order valence-corrected chi connectivity index (χ2v) is 6.93. The number of amides is 6. The number of benzene rings is 1. The van der Waals surface area contributed by atoms with E-state index in [1.165, 1.54) is 6.07 Å². The van der Waals surface area contributed by atoms with Crippen LogP contribution in [-0.4, -0.2) is 72.6 Å². The second-order valence-electron chi connectivity index (χ2n) is 6.93. The van der Waals surface area contributed by atoms with Crippen molar-refractivity contribution in [3.63, 3.8) is 0 Å². The van der Waals surface area contributed by atoms with Gasteiger partial charge in [0.25, 0.3) is 11.8 Å². The lowest BCUT2D eigenvalue weighted by molar-refractivity contribution is -0.136. The molecule has 1 atom stereocenters. The van der Waals surface area contributed by atoms with E-state index in [9.17, 15) is 28.8 Å². The maximum absolute atomic E-state index is 13.0. The van der Waals surface area contributed by atoms with Crippen molar-refractivity contribution in [2.75, 3.05) is 31.5 Å². The summed E-state index contributed by atoms with van der Waals surface area (Å²) in [7, 11) is 0. The van der Waals surface area contributed by atoms with Gasteiger partial charge in [0.2, 0.25) is 23.6 Å². The van der Waals surface area contributed by atoms with Crippen LogP contribution in [-0.2, 0) is 19.2 Å². The van der Waals surface area contributed by atoms with E-state index >= 15 is 0 Å². The number of carbonyl (C=O) groups excluding carboxylic acids is 6. The number of piperidine rings is 1. The van der Waals surface area contributed by atoms with Crippen LogP contribution in [0.2, 0.25) is 0 Å². The molecule has 0 bridgehead atoms. The minimum absolute atomic E-state index is 0.0420. The van der Waals surface area contributed by atoms with E-state index in [1.54, 1.807) is 12.1 Å². The summed E-state index contributed by atoms with van der Waals surface area (Å²) in [5.41, 5.74) is 5.82. The number of rotatable bonds is 8. The molecule has 1 fully saturated rings. The normalized spacial score (nSPS) is 17.8. The molecule has 2 aliphatic heterocycles. The van der Waals surface area contributed by atoms with Gasteiger partial charge >= 0.3 is 0 Å². The van der Waals surface area contributed by atoms with E-state index < -0.39 is 41.5 Å². The molecule has 1 aromatic carbocycles. The summed E-state index contributed by atoms with van der Waals surface area (Å²) >= 11 is 0. The fraction of sp³-hybridized carbons (Fsp3) is 0.368. The molecular weight excluding hydrogens is 408 g/mol. The number of carbonyl (C=O) groups is 6. The van der Waals surface area contributed by atoms with Crippen LogP contribution in [0.4, 0.5) is 5.69 Å². The first-order chi connectivity index (χ1) is 14.8. The van der Waals surface area contributed by atoms with Crippen molar-refractivity contribution < 1.29 is 28.8 Å². The van der Waals surface area contributed by atoms with Crippen LogP contribution in [0.3, 0.4) is 0 Å². The first-order valence-corrected chi connectivity index (χ1v) is 9.65. The zero-order chi connectivity index (χ0) is 22.5. The maximum Gasteiger partial charge on any atom is 0.264 e. The molecule has 2 aliphatic rings. The predicted octanol–water partition coefficient (Wildman–Crippen LogP) is -2.31. The van der Waals surface area contributed by atoms with Crippen LogP contribution in [0.1, 0.15) is 33.6 Å². The first kappa shape index (κ1) is 21.9. The van der Waals surface area contributed by atoms with Gasteiger partial charge in [-0.15, -0.1) is 0 Å². The van der Waals surface area contributed by atoms with Crippen LogP contribution in [0.15, 0.2) is 18.2 Å². The van der Waals surface area contributed by atoms with E-state index in [0.29, 0.717) is 5.69 Å². The van der Waals surface area contributed by atoms with Crippen LogP contribution in [0, 0.1) is 0 Å². The summed E-state index contributed by atoms with van der Waals surface area (Å²) in [5, 5.41) is 10.1. The van der Waals surface area contributed by atoms with Crippen molar-refractivity contribution in [1.82, 2.24) is 20.9 Å². The molecule has 1 unspecified atom stereocenters. The maximum atomic E-state index is 13.0. The van der Waals surface area contributed by atoms with Crippen molar-refractivity contribution in [2.45, 2.75) is 18.9 Å². The van der Waals surface area contributed by atoms with E-state index in [1.807, 2.05) is 0 Å². The summed E-state index contributed by atoms with van der Waals surface area (Å²) in [5.74, 6) is -3.18. The molecule has 0 radical (unpaired) electrons. The van der Waals surface area contributed by atoms with Gasteiger partial charge in [0.05, 0.1) is 24.2 Å². The third-order valence-corrected chi connectivity index (χ3v) is 4.86. The summed E-state index contributed by atoms with van der Waals surface area (Å²) in [6.07, 6.45) is 0.117. The average molecular weight is 430 g/mol. The molecule has 164 valence electrons. The van der Waals surface area contributed by atoms with Crippen molar-refractivity contribution in [3.05, 3.63) is 29.3 Å². The minimum atomic E-state index is -1.04. The summed E-state index contributed by atoms with van der Waals surface area (Å²) in [4.78, 5) is 72.8. The molecule has 12 nitrogen and oxygen atoms in total. The molecule has 0 saturated carbocycles. The molecule has 1 aromatic rings. The fourth-order valence-corrected chi connectivity index (χ4v) is 3.37. The highest BCUT2D eigenvalue weighted by Crippen LogP contribution is 2.32. The van der Waals surface area contributed by atoms with Crippen molar-refractivity contribution in [2.24, 2.45) is 5.73 Å². The van der Waals surface area contributed by atoms with Gasteiger partial charge in [0.15, 0.2) is 0 Å². The summed E-state index contributed by atoms with van der Waals surface area (Å²) in [6.45, 7) is 0.0219. The van der Waals surface area contributed by atoms with Gasteiger partial charge in [0.1, 0.15) is 6.04 Å². The van der Waals surface area contributed by atoms with Crippen LogP contribution in [0.25, 0.3) is 0 Å². The summed E-state index contributed by atoms with van der Waals surface area (Å²) < 4.78 is 0. The number of imide groups is 2. The molecule has 31 heavy (non-hydrogen) atoms. The quantitative estimate of drug-likeness (QED) is 0.225. The Kier molecular flexibility index (Phi) is 6.60. The average Bonchev–Trinajstić information content (AvgIpc) is 3.00. The van der Waals surface area contributed by atoms with Crippen LogP contribution >= 0.6 is 0 Å². The minimum Gasteiger partial charge on any atom is -0.383 e. The molecule has 0 spiro atoms. The van der Waals surface area contributed by atoms with Crippen molar-refractivity contribution in [1.29, 1.82) is 0 Å². The predicted molar refractivity (Wildman–Crippen MR) is 107 cm³/mol. The Bertz CT molecular complexity index is 961. The van der Waals surface area contributed by atoms with E-state index in [2.05, 4.69) is 21.3 Å². The Labute approximate surface area is 176 Å². The van der Waals surface area contributed by atoms with E-state index in [4.69, 9.17) is 5.73 Å². The highest BCUT2D eigenvalue weighted by molar-refractivity contribution is 6.25. The second kappa shape index (κ2) is 9.34. The highest BCUT2D eigenvalue weighted by atomic mass is 16.2. The van der Waals surface area contributed by atoms with Crippen molar-refractivity contribution in [3.8, 4) is 0 Å². The molecule has 3 rings (SSSR count). The Morgan fingerprint density at radius 3 is 2.55 bits per heavy atom. The lowest BCUT2D eigenvalue weighted by Crippen LogP contribution is -2.54. The highest BCUT2D eigenvalue weighted by Gasteiger charge is 2.45.